The maximum absolute atomic E-state index is 11.8. The summed E-state index contributed by atoms with van der Waals surface area (Å²) in [5.74, 6) is 0.0378. The summed E-state index contributed by atoms with van der Waals surface area (Å²) in [6.45, 7) is 5.53. The Kier molecular flexibility index (Phi) is 4.54. The molecule has 0 bridgehead atoms. The molecule has 5 nitrogen and oxygen atoms in total. The molecule has 7 heteroatoms. The first-order valence-corrected chi connectivity index (χ1v) is 7.05. The number of benzene rings is 1. The van der Waals surface area contributed by atoms with E-state index in [1.807, 2.05) is 20.8 Å². The molecule has 0 spiro atoms. The second kappa shape index (κ2) is 6.03. The number of nitrogens with zero attached hydrogens (tertiary/aromatic N) is 2. The molecule has 0 atom stereocenters. The number of fused-ring (bicyclic) bond motifs is 1. The maximum Gasteiger partial charge on any atom is 0.258 e. The van der Waals surface area contributed by atoms with Gasteiger partial charge in [-0.1, -0.05) is 23.2 Å². The van der Waals surface area contributed by atoms with Crippen molar-refractivity contribution in [1.82, 2.24) is 15.3 Å². The predicted octanol–water partition coefficient (Wildman–Crippen LogP) is 3.23. The van der Waals surface area contributed by atoms with E-state index in [0.717, 1.165) is 0 Å². The number of halogens is 2. The lowest BCUT2D eigenvalue weighted by Gasteiger charge is -2.20. The van der Waals surface area contributed by atoms with Gasteiger partial charge in [-0.15, -0.1) is 0 Å². The fraction of sp³-hybridized carbons (Fsp3) is 0.357. The number of hydrogen-bond acceptors (Lipinski definition) is 4. The molecule has 0 saturated heterocycles. The smallest absolute Gasteiger partial charge is 0.258 e. The van der Waals surface area contributed by atoms with Crippen LogP contribution in [0.5, 0.6) is 5.88 Å². The number of carbonyl (C=O) groups excluding carboxylic acids is 1. The Balaban J connectivity index is 2.21. The quantitative estimate of drug-likeness (QED) is 0.939. The van der Waals surface area contributed by atoms with Crippen molar-refractivity contribution in [2.45, 2.75) is 26.3 Å². The second-order valence-corrected chi connectivity index (χ2v) is 6.39. The summed E-state index contributed by atoms with van der Waals surface area (Å²) in [5.41, 5.74) is 0.211. The van der Waals surface area contributed by atoms with Crippen LogP contribution in [-0.4, -0.2) is 28.0 Å². The molecule has 0 aliphatic carbocycles. The summed E-state index contributed by atoms with van der Waals surface area (Å²) in [4.78, 5) is 19.9. The number of nitrogens with one attached hydrogen (secondary N) is 1. The normalized spacial score (nSPS) is 11.5. The maximum atomic E-state index is 11.8. The molecule has 21 heavy (non-hydrogen) atoms. The van der Waals surface area contributed by atoms with E-state index in [1.165, 1.54) is 6.33 Å². The van der Waals surface area contributed by atoms with Gasteiger partial charge in [0.1, 0.15) is 6.33 Å². The number of carbonyl (C=O) groups is 1. The first kappa shape index (κ1) is 15.8. The summed E-state index contributed by atoms with van der Waals surface area (Å²) in [5, 5.41) is 4.23. The lowest BCUT2D eigenvalue weighted by molar-refractivity contribution is -0.124. The first-order valence-electron chi connectivity index (χ1n) is 6.30. The van der Waals surface area contributed by atoms with Gasteiger partial charge in [0.2, 0.25) is 5.88 Å². The highest BCUT2D eigenvalue weighted by Crippen LogP contribution is 2.30. The van der Waals surface area contributed by atoms with Gasteiger partial charge in [-0.3, -0.25) is 4.79 Å². The molecular formula is C14H15Cl2N3O2. The molecule has 112 valence electrons. The molecule has 0 aliphatic heterocycles. The van der Waals surface area contributed by atoms with Crippen LogP contribution in [0.25, 0.3) is 10.9 Å². The Morgan fingerprint density at radius 3 is 2.67 bits per heavy atom. The van der Waals surface area contributed by atoms with Crippen LogP contribution < -0.4 is 10.1 Å². The molecule has 1 heterocycles. The fourth-order valence-corrected chi connectivity index (χ4v) is 2.31. The molecule has 0 saturated carbocycles. The van der Waals surface area contributed by atoms with Crippen LogP contribution in [-0.2, 0) is 4.79 Å². The van der Waals surface area contributed by atoms with Gasteiger partial charge in [0.15, 0.2) is 6.61 Å². The van der Waals surface area contributed by atoms with Crippen LogP contribution in [0.1, 0.15) is 20.8 Å². The molecule has 0 radical (unpaired) electrons. The average molecular weight is 328 g/mol. The molecule has 2 aromatic rings. The highest BCUT2D eigenvalue weighted by atomic mass is 35.5. The Bertz CT molecular complexity index is 684. The molecular weight excluding hydrogens is 313 g/mol. The molecule has 1 aromatic heterocycles. The van der Waals surface area contributed by atoms with Crippen LogP contribution in [0.4, 0.5) is 0 Å². The molecule has 1 N–H and O–H groups in total. The van der Waals surface area contributed by atoms with Crippen LogP contribution in [0.15, 0.2) is 18.5 Å². The SMILES string of the molecule is CC(C)(C)NC(=O)COc1ncnc2c(Cl)cc(Cl)cc12. The topological polar surface area (TPSA) is 64.1 Å². The van der Waals surface area contributed by atoms with Gasteiger partial charge in [-0.05, 0) is 32.9 Å². The Morgan fingerprint density at radius 2 is 2.00 bits per heavy atom. The molecule has 0 fully saturated rings. The van der Waals surface area contributed by atoms with E-state index in [2.05, 4.69) is 15.3 Å². The lowest BCUT2D eigenvalue weighted by Crippen LogP contribution is -2.43. The zero-order valence-corrected chi connectivity index (χ0v) is 13.4. The van der Waals surface area contributed by atoms with Crippen LogP contribution >= 0.6 is 23.2 Å². The van der Waals surface area contributed by atoms with Gasteiger partial charge < -0.3 is 10.1 Å². The van der Waals surface area contributed by atoms with E-state index in [9.17, 15) is 4.79 Å². The third-order valence-electron chi connectivity index (χ3n) is 2.47. The summed E-state index contributed by atoms with van der Waals surface area (Å²) in [6, 6.07) is 3.24. The second-order valence-electron chi connectivity index (χ2n) is 5.55. The van der Waals surface area contributed by atoms with Crippen LogP contribution in [0.3, 0.4) is 0 Å². The Labute approximate surface area is 132 Å². The van der Waals surface area contributed by atoms with Gasteiger partial charge >= 0.3 is 0 Å². The van der Waals surface area contributed by atoms with E-state index >= 15 is 0 Å². The molecule has 0 unspecified atom stereocenters. The molecule has 1 amide bonds. The Hall–Kier alpha value is -1.59. The molecule has 1 aromatic carbocycles. The first-order chi connectivity index (χ1) is 9.76. The van der Waals surface area contributed by atoms with Crippen molar-refractivity contribution in [3.05, 3.63) is 28.5 Å². The van der Waals surface area contributed by atoms with Crippen molar-refractivity contribution in [2.75, 3.05) is 6.61 Å². The monoisotopic (exact) mass is 327 g/mol. The summed E-state index contributed by atoms with van der Waals surface area (Å²) < 4.78 is 5.46. The van der Waals surface area contributed by atoms with Crippen molar-refractivity contribution in [1.29, 1.82) is 0 Å². The van der Waals surface area contributed by atoms with Gasteiger partial charge in [-0.25, -0.2) is 9.97 Å². The lowest BCUT2D eigenvalue weighted by atomic mass is 10.1. The van der Waals surface area contributed by atoms with Crippen LogP contribution in [0.2, 0.25) is 10.0 Å². The van der Waals surface area contributed by atoms with Crippen molar-refractivity contribution >= 4 is 40.0 Å². The minimum Gasteiger partial charge on any atom is -0.467 e. The largest absolute Gasteiger partial charge is 0.467 e. The summed E-state index contributed by atoms with van der Waals surface area (Å²) in [7, 11) is 0. The van der Waals surface area contributed by atoms with E-state index in [-0.39, 0.29) is 23.9 Å². The number of rotatable bonds is 3. The van der Waals surface area contributed by atoms with E-state index in [1.54, 1.807) is 12.1 Å². The third-order valence-corrected chi connectivity index (χ3v) is 2.98. The standard InChI is InChI=1S/C14H15Cl2N3O2/c1-14(2,3)19-11(20)6-21-13-9-4-8(15)5-10(16)12(9)17-7-18-13/h4-5,7H,6H2,1-3H3,(H,19,20). The zero-order chi connectivity index (χ0) is 15.6. The van der Waals surface area contributed by atoms with Crippen molar-refractivity contribution in [2.24, 2.45) is 0 Å². The zero-order valence-electron chi connectivity index (χ0n) is 11.9. The van der Waals surface area contributed by atoms with Gasteiger partial charge in [0.05, 0.1) is 15.9 Å². The average Bonchev–Trinajstić information content (AvgIpc) is 2.34. The highest BCUT2D eigenvalue weighted by molar-refractivity contribution is 6.38. The minimum atomic E-state index is -0.319. The molecule has 0 aliphatic rings. The minimum absolute atomic E-state index is 0.145. The van der Waals surface area contributed by atoms with Gasteiger partial charge in [0.25, 0.3) is 5.91 Å². The highest BCUT2D eigenvalue weighted by Gasteiger charge is 2.15. The van der Waals surface area contributed by atoms with Gasteiger partial charge in [0, 0.05) is 10.6 Å². The number of aromatic nitrogens is 2. The fourth-order valence-electron chi connectivity index (χ4n) is 1.77. The van der Waals surface area contributed by atoms with Crippen LogP contribution in [0, 0.1) is 0 Å². The third kappa shape index (κ3) is 4.19. The number of amides is 1. The summed E-state index contributed by atoms with van der Waals surface area (Å²) in [6.07, 6.45) is 1.33. The summed E-state index contributed by atoms with van der Waals surface area (Å²) >= 11 is 12.0. The molecule has 2 rings (SSSR count). The van der Waals surface area contributed by atoms with Crippen molar-refractivity contribution < 1.29 is 9.53 Å². The van der Waals surface area contributed by atoms with Gasteiger partial charge in [-0.2, -0.15) is 0 Å². The number of ether oxygens (including phenoxy) is 1. The van der Waals surface area contributed by atoms with E-state index < -0.39 is 0 Å². The van der Waals surface area contributed by atoms with E-state index in [0.29, 0.717) is 20.9 Å². The Morgan fingerprint density at radius 1 is 1.29 bits per heavy atom. The predicted molar refractivity (Wildman–Crippen MR) is 82.9 cm³/mol. The van der Waals surface area contributed by atoms with E-state index in [4.69, 9.17) is 27.9 Å². The van der Waals surface area contributed by atoms with Crippen molar-refractivity contribution in [3.63, 3.8) is 0 Å². The van der Waals surface area contributed by atoms with Crippen molar-refractivity contribution in [3.8, 4) is 5.88 Å². The number of hydrogen-bond donors (Lipinski definition) is 1.